The van der Waals surface area contributed by atoms with Gasteiger partial charge in [0, 0.05) is 34.4 Å². The largest absolute Gasteiger partial charge is 0.382 e. The Labute approximate surface area is 89.3 Å². The van der Waals surface area contributed by atoms with Gasteiger partial charge < -0.3 is 5.32 Å². The van der Waals surface area contributed by atoms with Crippen molar-refractivity contribution in [3.05, 3.63) is 36.2 Å². The molecule has 0 unspecified atom stereocenters. The fourth-order valence-electron chi connectivity index (χ4n) is 1.85. The van der Waals surface area contributed by atoms with Gasteiger partial charge in [0.05, 0.1) is 0 Å². The molecule has 1 aliphatic carbocycles. The zero-order valence-electron chi connectivity index (χ0n) is 8.83. The lowest BCUT2D eigenvalue weighted by molar-refractivity contribution is 1.16. The Hall–Kier alpha value is -1.57. The van der Waals surface area contributed by atoms with Crippen molar-refractivity contribution in [2.45, 2.75) is 25.8 Å². The van der Waals surface area contributed by atoms with E-state index in [1.165, 1.54) is 29.3 Å². The molecule has 0 aliphatic heterocycles. The summed E-state index contributed by atoms with van der Waals surface area (Å²) >= 11 is 0. The molecule has 3 rings (SSSR count). The number of aromatic nitrogens is 1. The molecule has 0 bridgehead atoms. The highest BCUT2D eigenvalue weighted by Gasteiger charge is 2.21. The van der Waals surface area contributed by atoms with Crippen molar-refractivity contribution in [3.63, 3.8) is 0 Å². The summed E-state index contributed by atoms with van der Waals surface area (Å²) in [5.41, 5.74) is 2.33. The summed E-state index contributed by atoms with van der Waals surface area (Å²) in [4.78, 5) is 4.32. The summed E-state index contributed by atoms with van der Waals surface area (Å²) in [5.74, 6) is 0. The Balaban J connectivity index is 2.13. The average molecular weight is 198 g/mol. The van der Waals surface area contributed by atoms with Gasteiger partial charge in [-0.25, -0.2) is 0 Å². The van der Waals surface area contributed by atoms with Gasteiger partial charge in [-0.2, -0.15) is 0 Å². The van der Waals surface area contributed by atoms with Gasteiger partial charge in [0.2, 0.25) is 0 Å². The third-order valence-electron chi connectivity index (χ3n) is 2.84. The third kappa shape index (κ3) is 1.67. The lowest BCUT2D eigenvalue weighted by Gasteiger charge is -2.08. The summed E-state index contributed by atoms with van der Waals surface area (Å²) in [6, 6.07) is 9.20. The Bertz CT molecular complexity index is 501. The van der Waals surface area contributed by atoms with Gasteiger partial charge in [0.25, 0.3) is 0 Å². The summed E-state index contributed by atoms with van der Waals surface area (Å²) in [6.45, 7) is 2.04. The summed E-state index contributed by atoms with van der Waals surface area (Å²) in [7, 11) is 0. The van der Waals surface area contributed by atoms with Crippen LogP contribution in [0.1, 0.15) is 18.5 Å². The lowest BCUT2D eigenvalue weighted by Crippen LogP contribution is -2.01. The van der Waals surface area contributed by atoms with Crippen molar-refractivity contribution >= 4 is 16.5 Å². The van der Waals surface area contributed by atoms with Gasteiger partial charge in [-0.1, -0.05) is 12.1 Å². The Kier molecular flexibility index (Phi) is 1.88. The van der Waals surface area contributed by atoms with Crippen LogP contribution in [0.4, 0.5) is 5.69 Å². The van der Waals surface area contributed by atoms with E-state index in [4.69, 9.17) is 0 Å². The number of nitrogens with zero attached hydrogens (tertiary/aromatic N) is 1. The van der Waals surface area contributed by atoms with Crippen molar-refractivity contribution < 1.29 is 0 Å². The van der Waals surface area contributed by atoms with E-state index in [9.17, 15) is 0 Å². The minimum atomic E-state index is 0.698. The van der Waals surface area contributed by atoms with Crippen LogP contribution in [0, 0.1) is 6.92 Å². The fraction of sp³-hybridized carbons (Fsp3) is 0.308. The molecule has 0 atom stereocenters. The van der Waals surface area contributed by atoms with Gasteiger partial charge in [-0.15, -0.1) is 0 Å². The topological polar surface area (TPSA) is 24.9 Å². The number of hydrogen-bond donors (Lipinski definition) is 1. The van der Waals surface area contributed by atoms with Crippen LogP contribution in [0.25, 0.3) is 10.8 Å². The van der Waals surface area contributed by atoms with Crippen LogP contribution in [-0.4, -0.2) is 11.0 Å². The van der Waals surface area contributed by atoms with Crippen LogP contribution in [-0.2, 0) is 0 Å². The third-order valence-corrected chi connectivity index (χ3v) is 2.84. The molecular weight excluding hydrogens is 184 g/mol. The van der Waals surface area contributed by atoms with Crippen molar-refractivity contribution in [2.75, 3.05) is 5.32 Å². The Morgan fingerprint density at radius 2 is 2.20 bits per heavy atom. The number of hydrogen-bond acceptors (Lipinski definition) is 2. The molecule has 1 fully saturated rings. The first-order chi connectivity index (χ1) is 7.33. The molecule has 2 nitrogen and oxygen atoms in total. The molecular formula is C13H14N2. The maximum absolute atomic E-state index is 4.32. The maximum Gasteiger partial charge on any atom is 0.0423 e. The number of nitrogens with one attached hydrogen (secondary N) is 1. The van der Waals surface area contributed by atoms with Crippen LogP contribution < -0.4 is 5.32 Å². The molecule has 2 aromatic rings. The number of benzene rings is 1. The summed E-state index contributed by atoms with van der Waals surface area (Å²) < 4.78 is 0. The van der Waals surface area contributed by atoms with E-state index in [0.717, 1.165) is 5.69 Å². The molecule has 2 heteroatoms. The molecule has 0 amide bonds. The normalized spacial score (nSPS) is 15.5. The molecule has 1 heterocycles. The number of anilines is 1. The Morgan fingerprint density at radius 1 is 1.33 bits per heavy atom. The molecule has 0 radical (unpaired) electrons. The molecule has 1 saturated carbocycles. The number of pyridine rings is 1. The standard InChI is InChI=1S/C13H14N2/c1-9-7-12-10(8-14-9)3-2-4-13(12)15-11-5-6-11/h2-4,7-8,11,15H,5-6H2,1H3. The Morgan fingerprint density at radius 3 is 3.00 bits per heavy atom. The summed E-state index contributed by atoms with van der Waals surface area (Å²) in [6.07, 6.45) is 4.56. The van der Waals surface area contributed by atoms with Crippen molar-refractivity contribution in [1.82, 2.24) is 4.98 Å². The van der Waals surface area contributed by atoms with Gasteiger partial charge in [-0.3, -0.25) is 4.98 Å². The van der Waals surface area contributed by atoms with Crippen molar-refractivity contribution in [3.8, 4) is 0 Å². The molecule has 1 aromatic carbocycles. The predicted molar refractivity (Wildman–Crippen MR) is 63.1 cm³/mol. The number of fused-ring (bicyclic) bond motifs is 1. The molecule has 1 N–H and O–H groups in total. The van der Waals surface area contributed by atoms with Crippen LogP contribution in [0.5, 0.6) is 0 Å². The second-order valence-corrected chi connectivity index (χ2v) is 4.27. The summed E-state index contributed by atoms with van der Waals surface area (Å²) in [5, 5.41) is 6.06. The highest BCUT2D eigenvalue weighted by atomic mass is 15.0. The average Bonchev–Trinajstić information content (AvgIpc) is 3.03. The first kappa shape index (κ1) is 8.72. The van der Waals surface area contributed by atoms with E-state index in [2.05, 4.69) is 34.6 Å². The zero-order valence-corrected chi connectivity index (χ0v) is 8.83. The SMILES string of the molecule is Cc1cc2c(NC3CC3)cccc2cn1. The highest BCUT2D eigenvalue weighted by molar-refractivity contribution is 5.93. The van der Waals surface area contributed by atoms with E-state index in [-0.39, 0.29) is 0 Å². The van der Waals surface area contributed by atoms with Gasteiger partial charge in [-0.05, 0) is 31.9 Å². The van der Waals surface area contributed by atoms with E-state index < -0.39 is 0 Å². The van der Waals surface area contributed by atoms with Crippen molar-refractivity contribution in [1.29, 1.82) is 0 Å². The van der Waals surface area contributed by atoms with Crippen molar-refractivity contribution in [2.24, 2.45) is 0 Å². The van der Waals surface area contributed by atoms with Crippen LogP contribution in [0.2, 0.25) is 0 Å². The minimum absolute atomic E-state index is 0.698. The van der Waals surface area contributed by atoms with Crippen LogP contribution in [0.15, 0.2) is 30.5 Å². The first-order valence-electron chi connectivity index (χ1n) is 5.45. The van der Waals surface area contributed by atoms with Crippen LogP contribution >= 0.6 is 0 Å². The molecule has 0 saturated heterocycles. The highest BCUT2D eigenvalue weighted by Crippen LogP contribution is 2.29. The van der Waals surface area contributed by atoms with E-state index in [1.807, 2.05) is 13.1 Å². The zero-order chi connectivity index (χ0) is 10.3. The number of rotatable bonds is 2. The molecule has 0 spiro atoms. The van der Waals surface area contributed by atoms with E-state index in [0.29, 0.717) is 6.04 Å². The van der Waals surface area contributed by atoms with Gasteiger partial charge in [0.1, 0.15) is 0 Å². The molecule has 1 aromatic heterocycles. The van der Waals surface area contributed by atoms with Gasteiger partial charge >= 0.3 is 0 Å². The fourth-order valence-corrected chi connectivity index (χ4v) is 1.85. The molecule has 1 aliphatic rings. The monoisotopic (exact) mass is 198 g/mol. The second kappa shape index (κ2) is 3.23. The smallest absolute Gasteiger partial charge is 0.0423 e. The van der Waals surface area contributed by atoms with Gasteiger partial charge in [0.15, 0.2) is 0 Å². The number of aryl methyl sites for hydroxylation is 1. The molecule has 76 valence electrons. The van der Waals surface area contributed by atoms with E-state index in [1.54, 1.807) is 0 Å². The lowest BCUT2D eigenvalue weighted by atomic mass is 10.1. The molecule has 15 heavy (non-hydrogen) atoms. The minimum Gasteiger partial charge on any atom is -0.382 e. The van der Waals surface area contributed by atoms with Crippen LogP contribution in [0.3, 0.4) is 0 Å². The van der Waals surface area contributed by atoms with E-state index >= 15 is 0 Å². The first-order valence-corrected chi connectivity index (χ1v) is 5.45. The second-order valence-electron chi connectivity index (χ2n) is 4.27. The maximum atomic E-state index is 4.32. The predicted octanol–water partition coefficient (Wildman–Crippen LogP) is 3.12. The quantitative estimate of drug-likeness (QED) is 0.802.